The van der Waals surface area contributed by atoms with Crippen LogP contribution in [0.5, 0.6) is 0 Å². The van der Waals surface area contributed by atoms with Gasteiger partial charge in [-0.15, -0.1) is 0 Å². The molecule has 7 heteroatoms. The van der Waals surface area contributed by atoms with E-state index in [1.165, 1.54) is 0 Å². The lowest BCUT2D eigenvalue weighted by molar-refractivity contribution is -0.123. The van der Waals surface area contributed by atoms with Crippen molar-refractivity contribution in [1.82, 2.24) is 10.6 Å². The van der Waals surface area contributed by atoms with Crippen LogP contribution in [0.1, 0.15) is 44.4 Å². The molecular weight excluding hydrogens is 390 g/mol. The first kappa shape index (κ1) is 20.0. The van der Waals surface area contributed by atoms with Crippen LogP contribution in [0, 0.1) is 5.41 Å². The molecule has 29 heavy (non-hydrogen) atoms. The Morgan fingerprint density at radius 2 is 2.07 bits per heavy atom. The van der Waals surface area contributed by atoms with Gasteiger partial charge in [0.05, 0.1) is 18.2 Å². The Labute approximate surface area is 175 Å². The van der Waals surface area contributed by atoms with Crippen molar-refractivity contribution in [3.8, 4) is 0 Å². The van der Waals surface area contributed by atoms with Gasteiger partial charge in [-0.2, -0.15) is 0 Å². The Hall–Kier alpha value is -2.31. The van der Waals surface area contributed by atoms with E-state index >= 15 is 0 Å². The van der Waals surface area contributed by atoms with Gasteiger partial charge in [0.1, 0.15) is 11.2 Å². The minimum Gasteiger partial charge on any atom is -0.469 e. The van der Waals surface area contributed by atoms with E-state index in [1.807, 2.05) is 12.1 Å². The zero-order valence-corrected chi connectivity index (χ0v) is 17.8. The first-order chi connectivity index (χ1) is 13.7. The van der Waals surface area contributed by atoms with Crippen molar-refractivity contribution >= 4 is 29.1 Å². The number of anilines is 1. The molecule has 1 spiro atoms. The van der Waals surface area contributed by atoms with Gasteiger partial charge in [0.15, 0.2) is 0 Å². The molecule has 1 saturated heterocycles. The van der Waals surface area contributed by atoms with Gasteiger partial charge in [0, 0.05) is 23.8 Å². The van der Waals surface area contributed by atoms with E-state index in [0.717, 1.165) is 5.56 Å². The molecule has 2 aromatic rings. The largest absolute Gasteiger partial charge is 0.469 e. The molecule has 154 valence electrons. The van der Waals surface area contributed by atoms with Crippen molar-refractivity contribution in [2.45, 2.75) is 50.6 Å². The molecule has 0 saturated carbocycles. The molecule has 4 atom stereocenters. The van der Waals surface area contributed by atoms with Gasteiger partial charge in [-0.25, -0.2) is 0 Å². The number of hydrogen-bond acceptors (Lipinski definition) is 4. The molecule has 3 N–H and O–H groups in total. The normalized spacial score (nSPS) is 28.4. The summed E-state index contributed by atoms with van der Waals surface area (Å²) >= 11 is 6.20. The number of hydrogen-bond donors (Lipinski definition) is 3. The number of benzene rings is 1. The number of likely N-dealkylation sites (N-methyl/N-ethyl adjacent to an activating group) is 1. The second kappa shape index (κ2) is 6.89. The third-order valence-electron chi connectivity index (χ3n) is 6.00. The summed E-state index contributed by atoms with van der Waals surface area (Å²) < 4.78 is 5.77. The highest BCUT2D eigenvalue weighted by molar-refractivity contribution is 6.31. The summed E-state index contributed by atoms with van der Waals surface area (Å²) in [7, 11) is 1.61. The Morgan fingerprint density at radius 1 is 1.31 bits per heavy atom. The summed E-state index contributed by atoms with van der Waals surface area (Å²) in [5.74, 6) is -0.186. The number of rotatable bonds is 3. The molecule has 4 rings (SSSR count). The molecule has 0 bridgehead atoms. The average Bonchev–Trinajstić information content (AvgIpc) is 3.32. The van der Waals surface area contributed by atoms with Crippen LogP contribution in [0.4, 0.5) is 5.69 Å². The Kier molecular flexibility index (Phi) is 4.74. The number of carbonyl (C=O) groups excluding carboxylic acids is 2. The van der Waals surface area contributed by atoms with Crippen molar-refractivity contribution in [2.75, 3.05) is 12.4 Å². The van der Waals surface area contributed by atoms with Crippen LogP contribution < -0.4 is 16.0 Å². The first-order valence-electron chi connectivity index (χ1n) is 9.81. The summed E-state index contributed by atoms with van der Waals surface area (Å²) in [5.41, 5.74) is 0.493. The van der Waals surface area contributed by atoms with Gasteiger partial charge in [0.2, 0.25) is 11.8 Å². The lowest BCUT2D eigenvalue weighted by atomic mass is 9.63. The predicted molar refractivity (Wildman–Crippen MR) is 112 cm³/mol. The van der Waals surface area contributed by atoms with Crippen molar-refractivity contribution in [3.63, 3.8) is 0 Å². The third-order valence-corrected chi connectivity index (χ3v) is 6.24. The van der Waals surface area contributed by atoms with Crippen LogP contribution in [-0.2, 0) is 15.0 Å². The number of amides is 2. The zero-order valence-electron chi connectivity index (χ0n) is 17.0. The van der Waals surface area contributed by atoms with E-state index in [2.05, 4.69) is 36.7 Å². The predicted octanol–water partition coefficient (Wildman–Crippen LogP) is 3.43. The van der Waals surface area contributed by atoms with Gasteiger partial charge in [0.25, 0.3) is 0 Å². The number of nitrogens with one attached hydrogen (secondary N) is 3. The topological polar surface area (TPSA) is 83.4 Å². The maximum atomic E-state index is 13.7. The summed E-state index contributed by atoms with van der Waals surface area (Å²) in [6.45, 7) is 6.40. The number of fused-ring (bicyclic) bond motifs is 2. The average molecular weight is 416 g/mol. The van der Waals surface area contributed by atoms with Gasteiger partial charge in [-0.3, -0.25) is 9.59 Å². The molecule has 6 nitrogen and oxygen atoms in total. The quantitative estimate of drug-likeness (QED) is 0.717. The molecule has 2 amide bonds. The zero-order chi connectivity index (χ0) is 21.0. The van der Waals surface area contributed by atoms with E-state index < -0.39 is 17.4 Å². The molecular formula is C22H26ClN3O3. The monoisotopic (exact) mass is 415 g/mol. The van der Waals surface area contributed by atoms with Crippen molar-refractivity contribution in [3.05, 3.63) is 52.9 Å². The fourth-order valence-corrected chi connectivity index (χ4v) is 5.15. The number of carbonyl (C=O) groups is 2. The van der Waals surface area contributed by atoms with Gasteiger partial charge < -0.3 is 20.4 Å². The van der Waals surface area contributed by atoms with Gasteiger partial charge >= 0.3 is 0 Å². The molecule has 3 heterocycles. The fourth-order valence-electron chi connectivity index (χ4n) is 4.98. The second-order valence-electron chi connectivity index (χ2n) is 9.08. The van der Waals surface area contributed by atoms with Crippen LogP contribution >= 0.6 is 11.6 Å². The molecule has 1 aromatic heterocycles. The van der Waals surface area contributed by atoms with Crippen molar-refractivity contribution < 1.29 is 14.0 Å². The Morgan fingerprint density at radius 3 is 2.69 bits per heavy atom. The summed E-state index contributed by atoms with van der Waals surface area (Å²) in [6, 6.07) is 8.22. The van der Waals surface area contributed by atoms with E-state index in [4.69, 9.17) is 16.0 Å². The smallest absolute Gasteiger partial charge is 0.237 e. The number of halogens is 1. The van der Waals surface area contributed by atoms with Crippen LogP contribution in [0.25, 0.3) is 0 Å². The summed E-state index contributed by atoms with van der Waals surface area (Å²) in [4.78, 5) is 26.5. The van der Waals surface area contributed by atoms with Crippen LogP contribution in [0.15, 0.2) is 41.0 Å². The Balaban J connectivity index is 1.97. The van der Waals surface area contributed by atoms with Gasteiger partial charge in [-0.1, -0.05) is 38.4 Å². The standard InChI is InChI=1S/C22H26ClN3O3/c1-21(2,3)11-16-22(13-8-7-12(23)10-14(13)25-20(22)28)17(15-6-5-9-29-15)18(26-16)19(27)24-4/h5-10,16-18,26H,11H2,1-4H3,(H,24,27)(H,25,28)/t16-,17+,18-,22+/m1/s1. The third kappa shape index (κ3) is 3.06. The number of furan rings is 1. The summed E-state index contributed by atoms with van der Waals surface area (Å²) in [6.07, 6.45) is 2.28. The molecule has 1 aromatic carbocycles. The molecule has 0 unspecified atom stereocenters. The van der Waals surface area contributed by atoms with E-state index in [1.54, 1.807) is 31.5 Å². The minimum absolute atomic E-state index is 0.0641. The van der Waals surface area contributed by atoms with E-state index in [-0.39, 0.29) is 23.3 Å². The maximum absolute atomic E-state index is 13.7. The molecule has 0 aliphatic carbocycles. The highest BCUT2D eigenvalue weighted by Gasteiger charge is 2.66. The molecule has 1 fully saturated rings. The summed E-state index contributed by atoms with van der Waals surface area (Å²) in [5, 5.41) is 9.80. The fraction of sp³-hybridized carbons (Fsp3) is 0.455. The first-order valence-corrected chi connectivity index (χ1v) is 10.2. The maximum Gasteiger partial charge on any atom is 0.237 e. The minimum atomic E-state index is -0.984. The second-order valence-corrected chi connectivity index (χ2v) is 9.52. The lowest BCUT2D eigenvalue weighted by Gasteiger charge is -2.36. The van der Waals surface area contributed by atoms with Crippen LogP contribution in [0.2, 0.25) is 5.02 Å². The highest BCUT2D eigenvalue weighted by Crippen LogP contribution is 2.56. The van der Waals surface area contributed by atoms with Crippen LogP contribution in [0.3, 0.4) is 0 Å². The lowest BCUT2D eigenvalue weighted by Crippen LogP contribution is -2.49. The van der Waals surface area contributed by atoms with Crippen molar-refractivity contribution in [1.29, 1.82) is 0 Å². The van der Waals surface area contributed by atoms with E-state index in [0.29, 0.717) is 22.9 Å². The molecule has 2 aliphatic heterocycles. The van der Waals surface area contributed by atoms with E-state index in [9.17, 15) is 9.59 Å². The Bertz CT molecular complexity index is 951. The van der Waals surface area contributed by atoms with Crippen LogP contribution in [-0.4, -0.2) is 30.9 Å². The molecule has 0 radical (unpaired) electrons. The van der Waals surface area contributed by atoms with Gasteiger partial charge in [-0.05, 0) is 41.7 Å². The molecule has 2 aliphatic rings. The van der Waals surface area contributed by atoms with Crippen molar-refractivity contribution in [2.24, 2.45) is 5.41 Å². The SMILES string of the molecule is CNC(=O)[C@@H]1N[C@H](CC(C)(C)C)[C@]2(C(=O)Nc3cc(Cl)ccc32)[C@H]1c1ccco1. The highest BCUT2D eigenvalue weighted by atomic mass is 35.5.